The maximum absolute atomic E-state index is 12.8. The minimum Gasteiger partial charge on any atom is -0.339 e. The first-order valence-corrected chi connectivity index (χ1v) is 8.21. The molecule has 0 N–H and O–H groups in total. The van der Waals surface area contributed by atoms with E-state index in [4.69, 9.17) is 0 Å². The quantitative estimate of drug-likeness (QED) is 0.773. The SMILES string of the molecule is CC(C)N(CCBr)C(=O)C1CCCc2ccccc21. The van der Waals surface area contributed by atoms with Gasteiger partial charge in [-0.2, -0.15) is 0 Å². The number of benzene rings is 1. The number of halogens is 1. The zero-order valence-corrected chi connectivity index (χ0v) is 13.3. The number of hydrogen-bond donors (Lipinski definition) is 0. The highest BCUT2D eigenvalue weighted by molar-refractivity contribution is 9.09. The summed E-state index contributed by atoms with van der Waals surface area (Å²) in [6.45, 7) is 4.97. The molecular weight excluding hydrogens is 302 g/mol. The summed E-state index contributed by atoms with van der Waals surface area (Å²) in [7, 11) is 0. The second-order valence-electron chi connectivity index (χ2n) is 5.46. The van der Waals surface area contributed by atoms with E-state index in [2.05, 4.69) is 54.0 Å². The number of nitrogens with zero attached hydrogens (tertiary/aromatic N) is 1. The molecule has 0 aromatic heterocycles. The normalized spacial score (nSPS) is 18.2. The van der Waals surface area contributed by atoms with E-state index in [1.807, 2.05) is 4.90 Å². The summed E-state index contributed by atoms with van der Waals surface area (Å²) in [4.78, 5) is 14.8. The van der Waals surface area contributed by atoms with Gasteiger partial charge in [0.1, 0.15) is 0 Å². The second kappa shape index (κ2) is 6.56. The molecule has 0 bridgehead atoms. The monoisotopic (exact) mass is 323 g/mol. The van der Waals surface area contributed by atoms with Gasteiger partial charge in [0.05, 0.1) is 5.92 Å². The van der Waals surface area contributed by atoms with Crippen molar-refractivity contribution in [2.24, 2.45) is 0 Å². The summed E-state index contributed by atoms with van der Waals surface area (Å²) < 4.78 is 0. The van der Waals surface area contributed by atoms with Crippen molar-refractivity contribution in [1.82, 2.24) is 4.90 Å². The fraction of sp³-hybridized carbons (Fsp3) is 0.562. The summed E-state index contributed by atoms with van der Waals surface area (Å²) in [6, 6.07) is 8.68. The fourth-order valence-corrected chi connectivity index (χ4v) is 3.31. The number of fused-ring (bicyclic) bond motifs is 1. The van der Waals surface area contributed by atoms with Crippen molar-refractivity contribution in [2.45, 2.75) is 45.1 Å². The van der Waals surface area contributed by atoms with Gasteiger partial charge in [-0.25, -0.2) is 0 Å². The highest BCUT2D eigenvalue weighted by Crippen LogP contribution is 2.33. The predicted octanol–water partition coefficient (Wildman–Crippen LogP) is 3.74. The Kier molecular flexibility index (Phi) is 5.03. The van der Waals surface area contributed by atoms with Crippen LogP contribution < -0.4 is 0 Å². The second-order valence-corrected chi connectivity index (χ2v) is 6.25. The van der Waals surface area contributed by atoms with Gasteiger partial charge in [0.2, 0.25) is 5.91 Å². The van der Waals surface area contributed by atoms with Crippen molar-refractivity contribution in [2.75, 3.05) is 11.9 Å². The zero-order chi connectivity index (χ0) is 13.8. The predicted molar refractivity (Wildman–Crippen MR) is 82.8 cm³/mol. The largest absolute Gasteiger partial charge is 0.339 e. The van der Waals surface area contributed by atoms with Crippen LogP contribution in [0.1, 0.15) is 43.7 Å². The Hall–Kier alpha value is -0.830. The van der Waals surface area contributed by atoms with Gasteiger partial charge in [0.25, 0.3) is 0 Å². The van der Waals surface area contributed by atoms with E-state index < -0.39 is 0 Å². The van der Waals surface area contributed by atoms with Crippen LogP contribution in [-0.4, -0.2) is 28.7 Å². The molecule has 2 rings (SSSR count). The van der Waals surface area contributed by atoms with Gasteiger partial charge in [0, 0.05) is 17.9 Å². The molecule has 104 valence electrons. The van der Waals surface area contributed by atoms with Crippen LogP contribution in [0, 0.1) is 0 Å². The lowest BCUT2D eigenvalue weighted by Gasteiger charge is -2.33. The van der Waals surface area contributed by atoms with Crippen molar-refractivity contribution in [3.8, 4) is 0 Å². The minimum atomic E-state index is 0.0615. The summed E-state index contributed by atoms with van der Waals surface area (Å²) in [6.07, 6.45) is 3.22. The van der Waals surface area contributed by atoms with Crippen LogP contribution in [-0.2, 0) is 11.2 Å². The van der Waals surface area contributed by atoms with Crippen LogP contribution >= 0.6 is 15.9 Å². The Morgan fingerprint density at radius 3 is 2.84 bits per heavy atom. The third-order valence-corrected chi connectivity index (χ3v) is 4.25. The van der Waals surface area contributed by atoms with Gasteiger partial charge >= 0.3 is 0 Å². The van der Waals surface area contributed by atoms with Gasteiger partial charge in [-0.15, -0.1) is 0 Å². The Morgan fingerprint density at radius 2 is 2.16 bits per heavy atom. The molecule has 1 aliphatic carbocycles. The summed E-state index contributed by atoms with van der Waals surface area (Å²) in [5, 5.41) is 0.839. The molecule has 1 atom stereocenters. The van der Waals surface area contributed by atoms with Crippen molar-refractivity contribution >= 4 is 21.8 Å². The molecule has 0 radical (unpaired) electrons. The number of carbonyl (C=O) groups excluding carboxylic acids is 1. The molecule has 1 aliphatic rings. The average Bonchev–Trinajstić information content (AvgIpc) is 2.43. The first-order valence-electron chi connectivity index (χ1n) is 7.09. The first-order chi connectivity index (χ1) is 9.15. The van der Waals surface area contributed by atoms with E-state index in [9.17, 15) is 4.79 Å². The number of aryl methyl sites for hydroxylation is 1. The average molecular weight is 324 g/mol. The number of hydrogen-bond acceptors (Lipinski definition) is 1. The Morgan fingerprint density at radius 1 is 1.42 bits per heavy atom. The Balaban J connectivity index is 2.24. The Bertz CT molecular complexity index is 444. The molecule has 0 spiro atoms. The maximum Gasteiger partial charge on any atom is 0.230 e. The standard InChI is InChI=1S/C16H22BrNO/c1-12(2)18(11-10-17)16(19)15-9-5-7-13-6-3-4-8-14(13)15/h3-4,6,8,12,15H,5,7,9-11H2,1-2H3. The van der Waals surface area contributed by atoms with E-state index in [0.717, 1.165) is 31.1 Å². The van der Waals surface area contributed by atoms with E-state index in [-0.39, 0.29) is 12.0 Å². The third-order valence-electron chi connectivity index (χ3n) is 3.90. The van der Waals surface area contributed by atoms with Crippen LogP contribution in [0.2, 0.25) is 0 Å². The van der Waals surface area contributed by atoms with Crippen molar-refractivity contribution < 1.29 is 4.79 Å². The van der Waals surface area contributed by atoms with Gasteiger partial charge in [0.15, 0.2) is 0 Å². The smallest absolute Gasteiger partial charge is 0.230 e. The fourth-order valence-electron chi connectivity index (χ4n) is 2.92. The van der Waals surface area contributed by atoms with Gasteiger partial charge in [-0.05, 0) is 44.2 Å². The van der Waals surface area contributed by atoms with Crippen molar-refractivity contribution in [3.63, 3.8) is 0 Å². The van der Waals surface area contributed by atoms with E-state index in [1.165, 1.54) is 11.1 Å². The van der Waals surface area contributed by atoms with Gasteiger partial charge in [-0.1, -0.05) is 40.2 Å². The first kappa shape index (κ1) is 14.6. The molecule has 1 unspecified atom stereocenters. The lowest BCUT2D eigenvalue weighted by Crippen LogP contribution is -2.42. The highest BCUT2D eigenvalue weighted by atomic mass is 79.9. The number of alkyl halides is 1. The van der Waals surface area contributed by atoms with Crippen LogP contribution in [0.25, 0.3) is 0 Å². The molecule has 3 heteroatoms. The summed E-state index contributed by atoms with van der Waals surface area (Å²) in [5.41, 5.74) is 2.61. The lowest BCUT2D eigenvalue weighted by molar-refractivity contribution is -0.134. The van der Waals surface area contributed by atoms with E-state index in [0.29, 0.717) is 5.91 Å². The molecule has 2 nitrogen and oxygen atoms in total. The topological polar surface area (TPSA) is 20.3 Å². The Labute approximate surface area is 124 Å². The van der Waals surface area contributed by atoms with E-state index >= 15 is 0 Å². The van der Waals surface area contributed by atoms with Gasteiger partial charge in [-0.3, -0.25) is 4.79 Å². The molecule has 0 aliphatic heterocycles. The minimum absolute atomic E-state index is 0.0615. The molecule has 0 fully saturated rings. The molecule has 19 heavy (non-hydrogen) atoms. The molecule has 0 saturated heterocycles. The van der Waals surface area contributed by atoms with Crippen LogP contribution in [0.4, 0.5) is 0 Å². The van der Waals surface area contributed by atoms with Gasteiger partial charge < -0.3 is 4.90 Å². The summed E-state index contributed by atoms with van der Waals surface area (Å²) in [5.74, 6) is 0.355. The lowest BCUT2D eigenvalue weighted by atomic mass is 9.82. The zero-order valence-electron chi connectivity index (χ0n) is 11.7. The third kappa shape index (κ3) is 3.19. The highest BCUT2D eigenvalue weighted by Gasteiger charge is 2.30. The van der Waals surface area contributed by atoms with Crippen LogP contribution in [0.3, 0.4) is 0 Å². The molecule has 0 saturated carbocycles. The van der Waals surface area contributed by atoms with Crippen LogP contribution in [0.15, 0.2) is 24.3 Å². The summed E-state index contributed by atoms with van der Waals surface area (Å²) >= 11 is 3.45. The molecule has 1 aromatic carbocycles. The number of carbonyl (C=O) groups is 1. The van der Waals surface area contributed by atoms with Crippen molar-refractivity contribution in [3.05, 3.63) is 35.4 Å². The molecule has 1 aromatic rings. The molecular formula is C16H22BrNO. The van der Waals surface area contributed by atoms with E-state index in [1.54, 1.807) is 0 Å². The number of rotatable bonds is 4. The van der Waals surface area contributed by atoms with Crippen LogP contribution in [0.5, 0.6) is 0 Å². The molecule has 1 amide bonds. The van der Waals surface area contributed by atoms with Crippen molar-refractivity contribution in [1.29, 1.82) is 0 Å². The maximum atomic E-state index is 12.8. The molecule has 0 heterocycles. The number of amides is 1.